The molecular weight excluding hydrogens is 694 g/mol. The molecule has 0 amide bonds. The van der Waals surface area contributed by atoms with Gasteiger partial charge in [0.25, 0.3) is 0 Å². The zero-order chi connectivity index (χ0) is 38.4. The van der Waals surface area contributed by atoms with Crippen LogP contribution in [0.15, 0.2) is 73.8 Å². The second-order valence-electron chi connectivity index (χ2n) is 11.7. The summed E-state index contributed by atoms with van der Waals surface area (Å²) in [6.07, 6.45) is 3.68. The summed E-state index contributed by atoms with van der Waals surface area (Å²) in [4.78, 5) is 71.6. The van der Waals surface area contributed by atoms with Crippen LogP contribution in [0.4, 0.5) is 0 Å². The van der Waals surface area contributed by atoms with Crippen LogP contribution in [0.1, 0.15) is 72.1 Å². The summed E-state index contributed by atoms with van der Waals surface area (Å²) in [5.74, 6) is -2.69. The van der Waals surface area contributed by atoms with Crippen LogP contribution in [-0.4, -0.2) is 87.3 Å². The lowest BCUT2D eigenvalue weighted by Crippen LogP contribution is -2.38. The van der Waals surface area contributed by atoms with E-state index in [9.17, 15) is 28.8 Å². The molecule has 3 rings (SSSR count). The minimum atomic E-state index is -1.14. The molecule has 2 N–H and O–H groups in total. The maximum absolute atomic E-state index is 12.8. The zero-order valence-electron chi connectivity index (χ0n) is 29.4. The van der Waals surface area contributed by atoms with Crippen LogP contribution in [0.5, 0.6) is 11.5 Å². The second-order valence-corrected chi connectivity index (χ2v) is 11.7. The first-order valence-electron chi connectivity index (χ1n) is 17.1. The Hall–Kier alpha value is -5.38. The maximum atomic E-state index is 12.8. The molecule has 2 aromatic carbocycles. The van der Waals surface area contributed by atoms with Gasteiger partial charge >= 0.3 is 35.8 Å². The fourth-order valence-corrected chi connectivity index (χ4v) is 4.69. The number of carbonyl (C=O) groups is 6. The van der Waals surface area contributed by atoms with Crippen LogP contribution < -0.4 is 15.2 Å². The van der Waals surface area contributed by atoms with E-state index in [0.717, 1.165) is 12.2 Å². The molecule has 1 heterocycles. The Balaban J connectivity index is 1.33. The summed E-state index contributed by atoms with van der Waals surface area (Å²) >= 11 is 0. The number of carbonyl (C=O) groups excluding carboxylic acids is 6. The van der Waals surface area contributed by atoms with Gasteiger partial charge in [0.1, 0.15) is 17.6 Å². The maximum Gasteiger partial charge on any atom is 0.339 e. The fraction of sp³-hybridized carbons (Fsp3) is 0.421. The van der Waals surface area contributed by atoms with E-state index in [1.54, 1.807) is 0 Å². The van der Waals surface area contributed by atoms with Gasteiger partial charge in [-0.25, -0.2) is 19.2 Å². The lowest BCUT2D eigenvalue weighted by atomic mass is 10.2. The van der Waals surface area contributed by atoms with E-state index in [-0.39, 0.29) is 68.5 Å². The van der Waals surface area contributed by atoms with E-state index < -0.39 is 54.3 Å². The van der Waals surface area contributed by atoms with Crippen LogP contribution in [0.25, 0.3) is 0 Å². The number of rotatable bonds is 23. The number of nitrogens with two attached hydrogens (primary N) is 1. The fourth-order valence-electron chi connectivity index (χ4n) is 4.69. The molecule has 3 atom stereocenters. The van der Waals surface area contributed by atoms with Crippen molar-refractivity contribution in [2.45, 2.75) is 69.8 Å². The topological polar surface area (TPSA) is 202 Å². The lowest BCUT2D eigenvalue weighted by molar-refractivity contribution is -0.138. The molecule has 0 saturated carbocycles. The number of esters is 6. The van der Waals surface area contributed by atoms with Gasteiger partial charge in [-0.2, -0.15) is 0 Å². The standard InChI is InChI=1S/C38H45NO14/c1-3-33(40)47-21-9-5-7-11-35(42)50-28-17-13-26(14-18-28)37(44)52-31-24-46-23-30(31)49-25-32(39)53-38(45)27-15-19-29(20-16-27)51-36(43)12-8-6-10-22-48-34(41)4-2/h3-4,13-20,30-32H,1-2,5-12,21-25,39H2/t30-,31-,32+/m0/s1. The van der Waals surface area contributed by atoms with Crippen LogP contribution in [0.3, 0.4) is 0 Å². The molecule has 1 saturated heterocycles. The third kappa shape index (κ3) is 16.2. The highest BCUT2D eigenvalue weighted by Gasteiger charge is 2.33. The SMILES string of the molecule is C=CC(=O)OCCCCCC(=O)Oc1ccc(C(=O)O[C@H]2COC[C@@H]2OC[C@H](N)OC(=O)c2ccc(OC(=O)CCCCCOC(=O)C=C)cc2)cc1. The minimum Gasteiger partial charge on any atom is -0.463 e. The van der Waals surface area contributed by atoms with E-state index in [1.807, 2.05) is 0 Å². The summed E-state index contributed by atoms with van der Waals surface area (Å²) in [6.45, 7) is 7.15. The molecule has 0 aromatic heterocycles. The molecule has 2 aromatic rings. The van der Waals surface area contributed by atoms with Crippen molar-refractivity contribution in [3.8, 4) is 11.5 Å². The van der Waals surface area contributed by atoms with Gasteiger partial charge in [0.15, 0.2) is 12.3 Å². The van der Waals surface area contributed by atoms with Crippen molar-refractivity contribution in [3.63, 3.8) is 0 Å². The van der Waals surface area contributed by atoms with Crippen molar-refractivity contribution in [1.29, 1.82) is 0 Å². The number of hydrogen-bond donors (Lipinski definition) is 1. The Morgan fingerprint density at radius 1 is 0.679 bits per heavy atom. The predicted molar refractivity (Wildman–Crippen MR) is 187 cm³/mol. The predicted octanol–water partition coefficient (Wildman–Crippen LogP) is 4.16. The van der Waals surface area contributed by atoms with Crippen molar-refractivity contribution in [2.75, 3.05) is 33.0 Å². The summed E-state index contributed by atoms with van der Waals surface area (Å²) in [7, 11) is 0. The first-order valence-corrected chi connectivity index (χ1v) is 17.1. The smallest absolute Gasteiger partial charge is 0.339 e. The van der Waals surface area contributed by atoms with Gasteiger partial charge in [-0.05, 0) is 87.1 Å². The molecule has 0 bridgehead atoms. The molecule has 15 heteroatoms. The molecule has 53 heavy (non-hydrogen) atoms. The first kappa shape index (κ1) is 42.0. The van der Waals surface area contributed by atoms with Gasteiger partial charge < -0.3 is 37.9 Å². The first-order chi connectivity index (χ1) is 25.6. The van der Waals surface area contributed by atoms with E-state index in [4.69, 9.17) is 43.6 Å². The van der Waals surface area contributed by atoms with Crippen LogP contribution in [0, 0.1) is 0 Å². The van der Waals surface area contributed by atoms with Gasteiger partial charge in [0.05, 0.1) is 44.2 Å². The van der Waals surface area contributed by atoms with E-state index in [2.05, 4.69) is 13.2 Å². The van der Waals surface area contributed by atoms with Crippen molar-refractivity contribution in [3.05, 3.63) is 85.0 Å². The molecule has 15 nitrogen and oxygen atoms in total. The molecule has 1 fully saturated rings. The molecule has 0 aliphatic carbocycles. The lowest BCUT2D eigenvalue weighted by Gasteiger charge is -2.21. The molecule has 1 aliphatic rings. The Morgan fingerprint density at radius 2 is 1.15 bits per heavy atom. The highest BCUT2D eigenvalue weighted by atomic mass is 16.6. The molecule has 0 unspecified atom stereocenters. The second kappa shape index (κ2) is 23.2. The average Bonchev–Trinajstić information content (AvgIpc) is 3.60. The van der Waals surface area contributed by atoms with E-state index >= 15 is 0 Å². The van der Waals surface area contributed by atoms with Gasteiger partial charge in [0, 0.05) is 25.0 Å². The molecule has 0 radical (unpaired) electrons. The Kier molecular flexibility index (Phi) is 18.4. The number of unbranched alkanes of at least 4 members (excludes halogenated alkanes) is 4. The van der Waals surface area contributed by atoms with Crippen molar-refractivity contribution < 1.29 is 66.7 Å². The summed E-state index contributed by atoms with van der Waals surface area (Å²) < 4.78 is 42.4. The number of ether oxygens (including phenoxy) is 8. The van der Waals surface area contributed by atoms with Crippen molar-refractivity contribution >= 4 is 35.8 Å². The number of hydrogen-bond acceptors (Lipinski definition) is 15. The third-order valence-corrected chi connectivity index (χ3v) is 7.49. The van der Waals surface area contributed by atoms with Crippen LogP contribution >= 0.6 is 0 Å². The van der Waals surface area contributed by atoms with Crippen molar-refractivity contribution in [2.24, 2.45) is 5.73 Å². The van der Waals surface area contributed by atoms with E-state index in [0.29, 0.717) is 38.5 Å². The zero-order valence-corrected chi connectivity index (χ0v) is 29.4. The van der Waals surface area contributed by atoms with Gasteiger partial charge in [-0.15, -0.1) is 0 Å². The van der Waals surface area contributed by atoms with E-state index in [1.165, 1.54) is 48.5 Å². The van der Waals surface area contributed by atoms with Gasteiger partial charge in [-0.3, -0.25) is 15.3 Å². The Bertz CT molecular complexity index is 1540. The summed E-state index contributed by atoms with van der Waals surface area (Å²) in [5, 5.41) is 0. The van der Waals surface area contributed by atoms with Crippen LogP contribution in [0.2, 0.25) is 0 Å². The summed E-state index contributed by atoms with van der Waals surface area (Å²) in [5.41, 5.74) is 6.35. The molecule has 286 valence electrons. The quantitative estimate of drug-likeness (QED) is 0.0425. The Morgan fingerprint density at radius 3 is 1.64 bits per heavy atom. The van der Waals surface area contributed by atoms with Gasteiger partial charge in [-0.1, -0.05) is 13.2 Å². The Labute approximate surface area is 307 Å². The van der Waals surface area contributed by atoms with Crippen molar-refractivity contribution in [1.82, 2.24) is 0 Å². The normalized spacial score (nSPS) is 15.3. The van der Waals surface area contributed by atoms with Crippen LogP contribution in [-0.2, 0) is 47.6 Å². The highest BCUT2D eigenvalue weighted by Crippen LogP contribution is 2.20. The molecule has 1 aliphatic heterocycles. The largest absolute Gasteiger partial charge is 0.463 e. The highest BCUT2D eigenvalue weighted by molar-refractivity contribution is 5.90. The van der Waals surface area contributed by atoms with Gasteiger partial charge in [0.2, 0.25) is 0 Å². The minimum absolute atomic E-state index is 0.0853. The third-order valence-electron chi connectivity index (χ3n) is 7.49. The molecule has 0 spiro atoms. The summed E-state index contributed by atoms with van der Waals surface area (Å²) in [6, 6.07) is 11.7. The monoisotopic (exact) mass is 739 g/mol. The number of benzene rings is 2. The average molecular weight is 740 g/mol. The molecular formula is C38H45NO14.